The van der Waals surface area contributed by atoms with Crippen molar-refractivity contribution in [2.75, 3.05) is 20.2 Å². The van der Waals surface area contributed by atoms with Crippen LogP contribution in [-0.4, -0.2) is 37.5 Å². The highest BCUT2D eigenvalue weighted by atomic mass is 16.5. The lowest BCUT2D eigenvalue weighted by Crippen LogP contribution is -2.36. The van der Waals surface area contributed by atoms with E-state index in [-0.39, 0.29) is 17.4 Å². The van der Waals surface area contributed by atoms with Crippen molar-refractivity contribution in [3.8, 4) is 11.5 Å². The van der Waals surface area contributed by atoms with E-state index in [1.807, 2.05) is 13.0 Å². The van der Waals surface area contributed by atoms with Gasteiger partial charge in [0.2, 0.25) is 0 Å². The van der Waals surface area contributed by atoms with Crippen molar-refractivity contribution in [2.24, 2.45) is 5.41 Å². The maximum atomic E-state index is 10.2. The minimum Gasteiger partial charge on any atom is -0.493 e. The summed E-state index contributed by atoms with van der Waals surface area (Å²) in [5.41, 5.74) is 1.06. The van der Waals surface area contributed by atoms with Crippen LogP contribution in [0.2, 0.25) is 0 Å². The molecule has 0 aromatic heterocycles. The van der Waals surface area contributed by atoms with Gasteiger partial charge >= 0.3 is 0 Å². The lowest BCUT2D eigenvalue weighted by Gasteiger charge is -2.34. The third-order valence-electron chi connectivity index (χ3n) is 5.79. The Labute approximate surface area is 139 Å². The number of ether oxygens (including phenoxy) is 2. The van der Waals surface area contributed by atoms with Crippen LogP contribution >= 0.6 is 0 Å². The van der Waals surface area contributed by atoms with Gasteiger partial charge in [0.1, 0.15) is 0 Å². The van der Waals surface area contributed by atoms with E-state index < -0.39 is 0 Å². The van der Waals surface area contributed by atoms with E-state index in [4.69, 9.17) is 9.47 Å². The molecule has 128 valence electrons. The Kier molecular flexibility index (Phi) is 4.83. The summed E-state index contributed by atoms with van der Waals surface area (Å²) in [5, 5.41) is 13.7. The second-order valence-electron chi connectivity index (χ2n) is 7.30. The standard InChI is InChI=1S/C19H29NO3/c1-13(21)19(2)12-20-11-16(19)14-8-9-17(22-3)18(10-14)23-15-6-4-5-7-15/h8-10,13,15-16,20-21H,4-7,11-12H2,1-3H3. The Bertz CT molecular complexity index is 539. The molecule has 2 aliphatic rings. The van der Waals surface area contributed by atoms with Crippen LogP contribution in [0.4, 0.5) is 0 Å². The summed E-state index contributed by atoms with van der Waals surface area (Å²) in [6.45, 7) is 5.76. The molecule has 3 unspecified atom stereocenters. The van der Waals surface area contributed by atoms with E-state index in [9.17, 15) is 5.11 Å². The summed E-state index contributed by atoms with van der Waals surface area (Å²) in [7, 11) is 1.69. The Hall–Kier alpha value is -1.26. The van der Waals surface area contributed by atoms with Gasteiger partial charge in [-0.1, -0.05) is 13.0 Å². The molecule has 0 radical (unpaired) electrons. The molecule has 0 spiro atoms. The van der Waals surface area contributed by atoms with Crippen LogP contribution in [0.5, 0.6) is 11.5 Å². The average molecular weight is 319 g/mol. The van der Waals surface area contributed by atoms with E-state index in [0.29, 0.717) is 6.10 Å². The highest BCUT2D eigenvalue weighted by molar-refractivity contribution is 5.45. The topological polar surface area (TPSA) is 50.7 Å². The number of aliphatic hydroxyl groups excluding tert-OH is 1. The predicted octanol–water partition coefficient (Wildman–Crippen LogP) is 3.09. The highest BCUT2D eigenvalue weighted by Gasteiger charge is 2.43. The second-order valence-corrected chi connectivity index (χ2v) is 7.30. The third kappa shape index (κ3) is 3.20. The summed E-state index contributed by atoms with van der Waals surface area (Å²) in [5.74, 6) is 1.92. The van der Waals surface area contributed by atoms with Gasteiger partial charge in [0, 0.05) is 24.4 Å². The molecule has 3 atom stereocenters. The van der Waals surface area contributed by atoms with Crippen molar-refractivity contribution in [3.05, 3.63) is 23.8 Å². The molecule has 1 aromatic rings. The van der Waals surface area contributed by atoms with Gasteiger partial charge in [0.15, 0.2) is 11.5 Å². The zero-order valence-electron chi connectivity index (χ0n) is 14.5. The lowest BCUT2D eigenvalue weighted by molar-refractivity contribution is 0.0548. The minimum absolute atomic E-state index is 0.154. The van der Waals surface area contributed by atoms with Crippen molar-refractivity contribution < 1.29 is 14.6 Å². The average Bonchev–Trinajstić information content (AvgIpc) is 3.17. The number of nitrogens with one attached hydrogen (secondary N) is 1. The molecule has 1 aliphatic carbocycles. The molecule has 3 rings (SSSR count). The second kappa shape index (κ2) is 6.70. The van der Waals surface area contributed by atoms with Crippen molar-refractivity contribution in [1.29, 1.82) is 0 Å². The third-order valence-corrected chi connectivity index (χ3v) is 5.79. The van der Waals surface area contributed by atoms with Crippen molar-refractivity contribution in [2.45, 2.75) is 57.7 Å². The molecular formula is C19H29NO3. The molecule has 1 saturated carbocycles. The van der Waals surface area contributed by atoms with Crippen LogP contribution in [-0.2, 0) is 0 Å². The summed E-state index contributed by atoms with van der Waals surface area (Å²) in [6, 6.07) is 6.23. The molecule has 0 amide bonds. The van der Waals surface area contributed by atoms with E-state index >= 15 is 0 Å². The first-order chi connectivity index (χ1) is 11.0. The molecule has 2 fully saturated rings. The van der Waals surface area contributed by atoms with Crippen LogP contribution in [0.3, 0.4) is 0 Å². The summed E-state index contributed by atoms with van der Waals surface area (Å²) < 4.78 is 11.7. The van der Waals surface area contributed by atoms with Crippen LogP contribution < -0.4 is 14.8 Å². The fourth-order valence-electron chi connectivity index (χ4n) is 3.97. The van der Waals surface area contributed by atoms with Gasteiger partial charge < -0.3 is 19.9 Å². The van der Waals surface area contributed by atoms with Crippen LogP contribution in [0, 0.1) is 5.41 Å². The lowest BCUT2D eigenvalue weighted by atomic mass is 9.72. The van der Waals surface area contributed by atoms with Gasteiger partial charge in [-0.05, 0) is 50.3 Å². The molecule has 1 saturated heterocycles. The Morgan fingerprint density at radius 1 is 1.26 bits per heavy atom. The molecule has 4 nitrogen and oxygen atoms in total. The van der Waals surface area contributed by atoms with Crippen LogP contribution in [0.25, 0.3) is 0 Å². The van der Waals surface area contributed by atoms with Gasteiger partial charge in [0.05, 0.1) is 19.3 Å². The molecule has 1 heterocycles. The van der Waals surface area contributed by atoms with Gasteiger partial charge in [-0.15, -0.1) is 0 Å². The Balaban J connectivity index is 1.87. The van der Waals surface area contributed by atoms with Crippen molar-refractivity contribution in [3.63, 3.8) is 0 Å². The summed E-state index contributed by atoms with van der Waals surface area (Å²) in [6.07, 6.45) is 4.71. The Morgan fingerprint density at radius 3 is 2.65 bits per heavy atom. The Morgan fingerprint density at radius 2 is 2.00 bits per heavy atom. The summed E-state index contributed by atoms with van der Waals surface area (Å²) in [4.78, 5) is 0. The van der Waals surface area contributed by atoms with Crippen molar-refractivity contribution >= 4 is 0 Å². The SMILES string of the molecule is COc1ccc(C2CNCC2(C)C(C)O)cc1OC1CCCC1. The first kappa shape index (κ1) is 16.6. The maximum Gasteiger partial charge on any atom is 0.161 e. The minimum atomic E-state index is -0.358. The fourth-order valence-corrected chi connectivity index (χ4v) is 3.97. The maximum absolute atomic E-state index is 10.2. The molecule has 1 aliphatic heterocycles. The summed E-state index contributed by atoms with van der Waals surface area (Å²) >= 11 is 0. The molecule has 4 heteroatoms. The number of aliphatic hydroxyl groups is 1. The number of hydrogen-bond acceptors (Lipinski definition) is 4. The van der Waals surface area contributed by atoms with Gasteiger partial charge in [-0.3, -0.25) is 0 Å². The quantitative estimate of drug-likeness (QED) is 0.876. The normalized spacial score (nSPS) is 29.7. The van der Waals surface area contributed by atoms with E-state index in [1.165, 1.54) is 18.4 Å². The van der Waals surface area contributed by atoms with E-state index in [2.05, 4.69) is 24.4 Å². The van der Waals surface area contributed by atoms with Crippen molar-refractivity contribution in [1.82, 2.24) is 5.32 Å². The number of benzene rings is 1. The largest absolute Gasteiger partial charge is 0.493 e. The fraction of sp³-hybridized carbons (Fsp3) is 0.684. The first-order valence-electron chi connectivity index (χ1n) is 8.78. The molecule has 0 bridgehead atoms. The van der Waals surface area contributed by atoms with Crippen LogP contribution in [0.15, 0.2) is 18.2 Å². The van der Waals surface area contributed by atoms with Gasteiger partial charge in [-0.25, -0.2) is 0 Å². The zero-order chi connectivity index (χ0) is 16.4. The van der Waals surface area contributed by atoms with Gasteiger partial charge in [-0.2, -0.15) is 0 Å². The number of hydrogen-bond donors (Lipinski definition) is 2. The highest BCUT2D eigenvalue weighted by Crippen LogP contribution is 2.44. The van der Waals surface area contributed by atoms with Gasteiger partial charge in [0.25, 0.3) is 0 Å². The number of rotatable bonds is 5. The molecule has 2 N–H and O–H groups in total. The zero-order valence-corrected chi connectivity index (χ0v) is 14.5. The number of methoxy groups -OCH3 is 1. The predicted molar refractivity (Wildman–Crippen MR) is 91.3 cm³/mol. The van der Waals surface area contributed by atoms with Crippen LogP contribution in [0.1, 0.15) is 51.0 Å². The monoisotopic (exact) mass is 319 g/mol. The van der Waals surface area contributed by atoms with E-state index in [0.717, 1.165) is 37.4 Å². The smallest absolute Gasteiger partial charge is 0.161 e. The van der Waals surface area contributed by atoms with E-state index in [1.54, 1.807) is 7.11 Å². The first-order valence-corrected chi connectivity index (χ1v) is 8.78. The molecule has 1 aromatic carbocycles. The molecular weight excluding hydrogens is 290 g/mol. The molecule has 23 heavy (non-hydrogen) atoms.